The third kappa shape index (κ3) is 7.69. The predicted octanol–water partition coefficient (Wildman–Crippen LogP) is 5.65. The minimum Gasteiger partial charge on any atom is -0.503 e. The summed E-state index contributed by atoms with van der Waals surface area (Å²) in [5.41, 5.74) is -1.37. The second kappa shape index (κ2) is 13.1. The molecule has 0 saturated heterocycles. The summed E-state index contributed by atoms with van der Waals surface area (Å²) in [5, 5.41) is 20.4. The monoisotopic (exact) mass is 460 g/mol. The molecule has 0 radical (unpaired) electrons. The Labute approximate surface area is 196 Å². The highest BCUT2D eigenvalue weighted by molar-refractivity contribution is 5.35. The topological polar surface area (TPSA) is 93.7 Å². The van der Waals surface area contributed by atoms with Crippen molar-refractivity contribution in [2.24, 2.45) is 11.8 Å². The molecule has 33 heavy (non-hydrogen) atoms. The maximum Gasteiger partial charge on any atom is 0.265 e. The Balaban J connectivity index is 2.31. The summed E-state index contributed by atoms with van der Waals surface area (Å²) in [5.74, 6) is -0.299. The third-order valence-corrected chi connectivity index (χ3v) is 6.30. The van der Waals surface area contributed by atoms with E-state index in [1.165, 1.54) is 24.8 Å². The molecule has 0 spiro atoms. The first-order valence-corrected chi connectivity index (χ1v) is 12.4. The van der Waals surface area contributed by atoms with Crippen LogP contribution in [0, 0.1) is 11.8 Å². The number of pyridine rings is 2. The van der Waals surface area contributed by atoms with Crippen LogP contribution < -0.4 is 15.6 Å². The van der Waals surface area contributed by atoms with Crippen molar-refractivity contribution in [2.75, 3.05) is 0 Å². The number of nitrogens with zero attached hydrogens (tertiary/aromatic N) is 2. The van der Waals surface area contributed by atoms with Gasteiger partial charge in [-0.15, -0.1) is 0 Å². The van der Waals surface area contributed by atoms with Crippen LogP contribution in [-0.2, 0) is 13.1 Å². The summed E-state index contributed by atoms with van der Waals surface area (Å²) < 4.78 is 9.18. The van der Waals surface area contributed by atoms with Gasteiger partial charge in [0.1, 0.15) is 0 Å². The molecule has 2 N–H and O–H groups in total. The van der Waals surface area contributed by atoms with Crippen LogP contribution in [-0.4, -0.2) is 19.3 Å². The Kier molecular flexibility index (Phi) is 10.6. The molecule has 7 heteroatoms. The number of aromatic hydroxyl groups is 2. The van der Waals surface area contributed by atoms with Crippen LogP contribution in [0.1, 0.15) is 79.1 Å². The van der Waals surface area contributed by atoms with Gasteiger partial charge in [-0.3, -0.25) is 9.59 Å². The van der Waals surface area contributed by atoms with E-state index < -0.39 is 22.4 Å². The smallest absolute Gasteiger partial charge is 0.265 e. The van der Waals surface area contributed by atoms with Crippen LogP contribution in [0.5, 0.6) is 23.0 Å². The van der Waals surface area contributed by atoms with Crippen molar-refractivity contribution in [1.29, 1.82) is 0 Å². The Hall–Kier alpha value is -2.70. The van der Waals surface area contributed by atoms with Crippen LogP contribution in [0.4, 0.5) is 0 Å². The van der Waals surface area contributed by atoms with E-state index in [1.54, 1.807) is 9.13 Å². The number of ether oxygens (including phenoxy) is 1. The van der Waals surface area contributed by atoms with E-state index in [4.69, 9.17) is 4.74 Å². The summed E-state index contributed by atoms with van der Waals surface area (Å²) in [6.45, 7) is 9.83. The largest absolute Gasteiger partial charge is 0.503 e. The molecular weight excluding hydrogens is 420 g/mol. The lowest BCUT2D eigenvalue weighted by Crippen LogP contribution is -2.17. The number of hydrogen-bond donors (Lipinski definition) is 2. The van der Waals surface area contributed by atoms with Crippen molar-refractivity contribution in [3.8, 4) is 23.0 Å². The van der Waals surface area contributed by atoms with E-state index in [-0.39, 0.29) is 11.5 Å². The van der Waals surface area contributed by atoms with Gasteiger partial charge in [0, 0.05) is 13.1 Å². The van der Waals surface area contributed by atoms with E-state index in [1.807, 2.05) is 0 Å². The van der Waals surface area contributed by atoms with Gasteiger partial charge in [-0.1, -0.05) is 66.2 Å². The molecule has 2 rings (SSSR count). The van der Waals surface area contributed by atoms with Gasteiger partial charge in [0.25, 0.3) is 10.9 Å². The van der Waals surface area contributed by atoms with Crippen LogP contribution in [0.3, 0.4) is 0 Å². The molecule has 0 aliphatic rings. The first kappa shape index (κ1) is 26.6. The fourth-order valence-corrected chi connectivity index (χ4v) is 4.08. The molecule has 7 nitrogen and oxygen atoms in total. The fourth-order valence-electron chi connectivity index (χ4n) is 4.08. The minimum absolute atomic E-state index is 0.132. The van der Waals surface area contributed by atoms with E-state index in [0.717, 1.165) is 51.4 Å². The Morgan fingerprint density at radius 1 is 0.727 bits per heavy atom. The average molecular weight is 461 g/mol. The van der Waals surface area contributed by atoms with E-state index in [0.29, 0.717) is 24.9 Å². The van der Waals surface area contributed by atoms with E-state index in [9.17, 15) is 19.8 Å². The molecule has 2 aromatic rings. The van der Waals surface area contributed by atoms with Gasteiger partial charge >= 0.3 is 0 Å². The molecule has 184 valence electrons. The zero-order valence-electron chi connectivity index (χ0n) is 20.5. The molecular formula is C26H40N2O5. The molecule has 0 aliphatic heterocycles. The van der Waals surface area contributed by atoms with E-state index in [2.05, 4.69) is 27.7 Å². The standard InChI is InChI=1S/C26H40N2O5/c1-5-9-11-19(7-3)13-27-15-21(29)25(31)23(17-27)33-24-18-28(16-22(30)26(24)32)14-20(8-4)12-10-6-2/h15-20,29-30H,5-14H2,1-4H3. The Bertz CT molecular complexity index is 916. The van der Waals surface area contributed by atoms with Crippen LogP contribution in [0.15, 0.2) is 34.4 Å². The molecule has 0 aromatic carbocycles. The molecule has 0 bridgehead atoms. The average Bonchev–Trinajstić information content (AvgIpc) is 2.80. The first-order valence-electron chi connectivity index (χ1n) is 12.4. The van der Waals surface area contributed by atoms with Crippen molar-refractivity contribution in [3.05, 3.63) is 45.2 Å². The number of hydrogen-bond acceptors (Lipinski definition) is 5. The van der Waals surface area contributed by atoms with Crippen LogP contribution in [0.25, 0.3) is 0 Å². The van der Waals surface area contributed by atoms with E-state index >= 15 is 0 Å². The lowest BCUT2D eigenvalue weighted by atomic mass is 9.99. The summed E-state index contributed by atoms with van der Waals surface area (Å²) in [4.78, 5) is 25.0. The lowest BCUT2D eigenvalue weighted by Gasteiger charge is -2.19. The molecule has 0 saturated carbocycles. The molecule has 2 atom stereocenters. The number of aromatic nitrogens is 2. The maximum atomic E-state index is 12.5. The maximum absolute atomic E-state index is 12.5. The Morgan fingerprint density at radius 2 is 1.12 bits per heavy atom. The SMILES string of the molecule is CCCCC(CC)Cn1cc(O)c(=O)c(Oc2cn(CC(CC)CCCC)cc(O)c2=O)c1. The molecule has 2 aromatic heterocycles. The van der Waals surface area contributed by atoms with Gasteiger partial charge in [0.2, 0.25) is 0 Å². The van der Waals surface area contributed by atoms with Gasteiger partial charge in [0.15, 0.2) is 23.0 Å². The van der Waals surface area contributed by atoms with Crippen molar-refractivity contribution in [1.82, 2.24) is 9.13 Å². The van der Waals surface area contributed by atoms with Crippen molar-refractivity contribution in [3.63, 3.8) is 0 Å². The molecule has 0 amide bonds. The highest BCUT2D eigenvalue weighted by atomic mass is 16.5. The number of unbranched alkanes of at least 4 members (excludes halogenated alkanes) is 2. The van der Waals surface area contributed by atoms with Gasteiger partial charge in [0.05, 0.1) is 24.8 Å². The molecule has 2 heterocycles. The van der Waals surface area contributed by atoms with Crippen LogP contribution in [0.2, 0.25) is 0 Å². The normalized spacial score (nSPS) is 13.1. The molecule has 2 unspecified atom stereocenters. The lowest BCUT2D eigenvalue weighted by molar-refractivity contribution is 0.366. The first-order chi connectivity index (χ1) is 15.8. The second-order valence-electron chi connectivity index (χ2n) is 9.00. The minimum atomic E-state index is -0.684. The zero-order valence-corrected chi connectivity index (χ0v) is 20.5. The zero-order chi connectivity index (χ0) is 24.4. The van der Waals surface area contributed by atoms with Gasteiger partial charge in [-0.25, -0.2) is 0 Å². The quantitative estimate of drug-likeness (QED) is 0.380. The number of rotatable bonds is 14. The fraction of sp³-hybridized carbons (Fsp3) is 0.615. The second-order valence-corrected chi connectivity index (χ2v) is 9.00. The summed E-state index contributed by atoms with van der Waals surface area (Å²) in [6.07, 6.45) is 14.4. The van der Waals surface area contributed by atoms with Gasteiger partial charge in [-0.05, 0) is 24.7 Å². The third-order valence-electron chi connectivity index (χ3n) is 6.30. The van der Waals surface area contributed by atoms with Crippen molar-refractivity contribution in [2.45, 2.75) is 92.2 Å². The highest BCUT2D eigenvalue weighted by Gasteiger charge is 2.16. The summed E-state index contributed by atoms with van der Waals surface area (Å²) in [6, 6.07) is 0. The Morgan fingerprint density at radius 3 is 1.45 bits per heavy atom. The van der Waals surface area contributed by atoms with Gasteiger partial charge < -0.3 is 24.1 Å². The summed E-state index contributed by atoms with van der Waals surface area (Å²) >= 11 is 0. The van der Waals surface area contributed by atoms with Crippen molar-refractivity contribution >= 4 is 0 Å². The molecule has 0 aliphatic carbocycles. The highest BCUT2D eigenvalue weighted by Crippen LogP contribution is 2.23. The summed E-state index contributed by atoms with van der Waals surface area (Å²) in [7, 11) is 0. The molecule has 0 fully saturated rings. The predicted molar refractivity (Wildman–Crippen MR) is 131 cm³/mol. The van der Waals surface area contributed by atoms with Gasteiger partial charge in [-0.2, -0.15) is 0 Å². The van der Waals surface area contributed by atoms with Crippen molar-refractivity contribution < 1.29 is 14.9 Å². The van der Waals surface area contributed by atoms with Crippen LogP contribution >= 0.6 is 0 Å².